The number of fused-ring (bicyclic) bond motifs is 5. The van der Waals surface area contributed by atoms with E-state index in [2.05, 4.69) is 16.7 Å². The number of nitrogens with zero attached hydrogens (tertiary/aromatic N) is 6. The van der Waals surface area contributed by atoms with E-state index in [1.807, 2.05) is 49.9 Å². The molecular weight excluding hydrogens is 682 g/mol. The first kappa shape index (κ1) is 35.7. The monoisotopic (exact) mass is 730 g/mol. The Bertz CT molecular complexity index is 2030. The average Bonchev–Trinajstić information content (AvgIpc) is 3.75. The van der Waals surface area contributed by atoms with E-state index < -0.39 is 23.1 Å². The quantitative estimate of drug-likeness (QED) is 0.166. The minimum atomic E-state index is -0.915. The van der Waals surface area contributed by atoms with Crippen molar-refractivity contribution in [2.24, 2.45) is 0 Å². The van der Waals surface area contributed by atoms with Gasteiger partial charge in [0.15, 0.2) is 12.6 Å². The molecule has 4 aliphatic rings. The van der Waals surface area contributed by atoms with Crippen molar-refractivity contribution >= 4 is 33.6 Å². The van der Waals surface area contributed by atoms with Gasteiger partial charge in [0, 0.05) is 44.9 Å². The highest BCUT2D eigenvalue weighted by Gasteiger charge is 2.50. The van der Waals surface area contributed by atoms with E-state index in [0.29, 0.717) is 48.6 Å². The fraction of sp³-hybridized carbons (Fsp3) is 0.550. The number of aromatic nitrogens is 3. The number of piperazine rings is 1. The third-order valence-electron chi connectivity index (χ3n) is 11.3. The summed E-state index contributed by atoms with van der Waals surface area (Å²) in [6.45, 7) is 10.1. The van der Waals surface area contributed by atoms with Crippen molar-refractivity contribution in [2.45, 2.75) is 95.6 Å². The summed E-state index contributed by atoms with van der Waals surface area (Å²) in [5.41, 5.74) is 0.795. The number of carbonyl (C=O) groups excluding carboxylic acids is 1. The largest absolute Gasteiger partial charge is 0.468 e. The van der Waals surface area contributed by atoms with Crippen LogP contribution in [0, 0.1) is 5.82 Å². The summed E-state index contributed by atoms with van der Waals surface area (Å²) in [5, 5.41) is 2.22. The maximum absolute atomic E-state index is 17.3. The molecule has 4 atom stereocenters. The Balaban J connectivity index is 1.22. The van der Waals surface area contributed by atoms with Crippen LogP contribution in [0.15, 0.2) is 36.5 Å². The van der Waals surface area contributed by atoms with Gasteiger partial charge in [-0.25, -0.2) is 13.6 Å². The number of alkyl halides is 1. The molecule has 4 fully saturated rings. The molecule has 13 heteroatoms. The number of hydrogen-bond donors (Lipinski definition) is 0. The van der Waals surface area contributed by atoms with E-state index >= 15 is 4.39 Å². The summed E-state index contributed by atoms with van der Waals surface area (Å²) in [4.78, 5) is 33.8. The highest BCUT2D eigenvalue weighted by atomic mass is 19.1. The zero-order valence-corrected chi connectivity index (χ0v) is 31.2. The highest BCUT2D eigenvalue weighted by Crippen LogP contribution is 2.43. The summed E-state index contributed by atoms with van der Waals surface area (Å²) in [6.07, 6.45) is 4.95. The number of carbonyl (C=O) groups is 1. The van der Waals surface area contributed by atoms with Gasteiger partial charge in [-0.05, 0) is 87.9 Å². The lowest BCUT2D eigenvalue weighted by Gasteiger charge is -2.42. The second-order valence-corrected chi connectivity index (χ2v) is 15.9. The Morgan fingerprint density at radius 2 is 1.87 bits per heavy atom. The lowest BCUT2D eigenvalue weighted by atomic mass is 9.95. The van der Waals surface area contributed by atoms with E-state index in [1.165, 1.54) is 0 Å². The summed E-state index contributed by atoms with van der Waals surface area (Å²) in [7, 11) is 1.55. The molecule has 53 heavy (non-hydrogen) atoms. The van der Waals surface area contributed by atoms with Gasteiger partial charge in [-0.2, -0.15) is 9.97 Å². The molecule has 0 aliphatic carbocycles. The van der Waals surface area contributed by atoms with Crippen LogP contribution in [0.4, 0.5) is 19.4 Å². The first-order valence-electron chi connectivity index (χ1n) is 18.8. The Kier molecular flexibility index (Phi) is 9.29. The van der Waals surface area contributed by atoms with Gasteiger partial charge in [0.2, 0.25) is 0 Å². The zero-order valence-electron chi connectivity index (χ0n) is 31.2. The number of pyridine rings is 1. The molecule has 11 nitrogen and oxygen atoms in total. The van der Waals surface area contributed by atoms with Crippen molar-refractivity contribution in [1.82, 2.24) is 24.8 Å². The fourth-order valence-electron chi connectivity index (χ4n) is 9.02. The van der Waals surface area contributed by atoms with Gasteiger partial charge in [0.25, 0.3) is 0 Å². The van der Waals surface area contributed by atoms with Crippen LogP contribution in [0.1, 0.15) is 65.4 Å². The number of methoxy groups -OCH3 is 1. The van der Waals surface area contributed by atoms with E-state index in [4.69, 9.17) is 33.9 Å². The van der Waals surface area contributed by atoms with E-state index in [0.717, 1.165) is 55.0 Å². The minimum absolute atomic E-state index is 0.0327. The summed E-state index contributed by atoms with van der Waals surface area (Å²) < 4.78 is 55.1. The normalized spacial score (nSPS) is 24.3. The van der Waals surface area contributed by atoms with Crippen LogP contribution in [-0.4, -0.2) is 107 Å². The molecule has 282 valence electrons. The van der Waals surface area contributed by atoms with Gasteiger partial charge >= 0.3 is 12.1 Å². The zero-order chi connectivity index (χ0) is 37.1. The van der Waals surface area contributed by atoms with Gasteiger partial charge in [-0.3, -0.25) is 14.8 Å². The van der Waals surface area contributed by atoms with Crippen LogP contribution in [0.2, 0.25) is 0 Å². The minimum Gasteiger partial charge on any atom is -0.468 e. The molecule has 4 aliphatic heterocycles. The van der Waals surface area contributed by atoms with E-state index in [1.54, 1.807) is 19.4 Å². The molecule has 0 radical (unpaired) electrons. The Morgan fingerprint density at radius 3 is 2.60 bits per heavy atom. The SMILES string of the molecule is CCc1cccc2cc(OCOC)cc(-c3ncc4c(N5C[C@H]6CC[C@@H](C5)N6C(=O)OC(C)(C)C)nc(OC[C@@]56CCCN5C[C@H](F)C6)nc4c3F)c12. The van der Waals surface area contributed by atoms with Crippen molar-refractivity contribution < 1.29 is 32.5 Å². The number of benzene rings is 2. The van der Waals surface area contributed by atoms with Crippen LogP contribution in [0.3, 0.4) is 0 Å². The maximum Gasteiger partial charge on any atom is 0.410 e. The van der Waals surface area contributed by atoms with Gasteiger partial charge < -0.3 is 23.8 Å². The van der Waals surface area contributed by atoms with Crippen molar-refractivity contribution in [3.8, 4) is 23.0 Å². The first-order valence-corrected chi connectivity index (χ1v) is 18.8. The van der Waals surface area contributed by atoms with Crippen molar-refractivity contribution in [3.63, 3.8) is 0 Å². The second-order valence-electron chi connectivity index (χ2n) is 15.9. The Hall–Kier alpha value is -4.36. The van der Waals surface area contributed by atoms with Gasteiger partial charge in [-0.1, -0.05) is 25.1 Å². The second kappa shape index (κ2) is 13.8. The first-order chi connectivity index (χ1) is 25.5. The topological polar surface area (TPSA) is 102 Å². The molecule has 4 aromatic rings. The summed E-state index contributed by atoms with van der Waals surface area (Å²) >= 11 is 0. The molecule has 1 amide bonds. The molecule has 4 saturated heterocycles. The van der Waals surface area contributed by atoms with Crippen LogP contribution in [0.5, 0.6) is 11.8 Å². The maximum atomic E-state index is 17.3. The molecule has 0 spiro atoms. The molecule has 2 bridgehead atoms. The fourth-order valence-corrected chi connectivity index (χ4v) is 9.02. The average molecular weight is 731 g/mol. The lowest BCUT2D eigenvalue weighted by Crippen LogP contribution is -2.57. The number of ether oxygens (including phenoxy) is 4. The lowest BCUT2D eigenvalue weighted by molar-refractivity contribution is 0.0122. The number of halogens is 2. The summed E-state index contributed by atoms with van der Waals surface area (Å²) in [5.74, 6) is 0.418. The van der Waals surface area contributed by atoms with Gasteiger partial charge in [-0.15, -0.1) is 0 Å². The van der Waals surface area contributed by atoms with Gasteiger partial charge in [0.1, 0.15) is 41.2 Å². The van der Waals surface area contributed by atoms with Crippen molar-refractivity contribution in [3.05, 3.63) is 47.9 Å². The molecule has 0 saturated carbocycles. The van der Waals surface area contributed by atoms with Crippen LogP contribution < -0.4 is 14.4 Å². The number of anilines is 1. The Labute approximate surface area is 308 Å². The smallest absolute Gasteiger partial charge is 0.410 e. The van der Waals surface area contributed by atoms with E-state index in [9.17, 15) is 9.18 Å². The van der Waals surface area contributed by atoms with Crippen LogP contribution in [-0.2, 0) is 15.9 Å². The van der Waals surface area contributed by atoms with Crippen molar-refractivity contribution in [2.75, 3.05) is 51.6 Å². The molecule has 0 N–H and O–H groups in total. The molecule has 2 aromatic carbocycles. The Morgan fingerprint density at radius 1 is 1.08 bits per heavy atom. The third-order valence-corrected chi connectivity index (χ3v) is 11.3. The van der Waals surface area contributed by atoms with Crippen molar-refractivity contribution in [1.29, 1.82) is 0 Å². The molecular formula is C40H48F2N6O5. The predicted octanol–water partition coefficient (Wildman–Crippen LogP) is 7.07. The van der Waals surface area contributed by atoms with Gasteiger partial charge in [0.05, 0.1) is 23.0 Å². The molecule has 6 heterocycles. The van der Waals surface area contributed by atoms with E-state index in [-0.39, 0.29) is 48.8 Å². The number of aryl methyl sites for hydroxylation is 1. The summed E-state index contributed by atoms with van der Waals surface area (Å²) in [6, 6.07) is 9.54. The number of rotatable bonds is 9. The number of hydrogen-bond acceptors (Lipinski definition) is 10. The number of amides is 1. The van der Waals surface area contributed by atoms with Crippen LogP contribution >= 0.6 is 0 Å². The van der Waals surface area contributed by atoms with Crippen LogP contribution in [0.25, 0.3) is 32.9 Å². The molecule has 0 unspecified atom stereocenters. The molecule has 8 rings (SSSR count). The highest BCUT2D eigenvalue weighted by molar-refractivity contribution is 6.01. The predicted molar refractivity (Wildman–Crippen MR) is 198 cm³/mol. The third kappa shape index (κ3) is 6.60. The molecule has 2 aromatic heterocycles. The standard InChI is InChI=1S/C40H48F2N6O5/c1-6-24-9-7-10-25-15-29(52-23-50-5)16-30(32(24)25)34-33(42)35-31(18-43-34)36(45-37(44-35)51-22-40-13-8-14-47(40)19-26(41)17-40)46-20-27-11-12-28(21-46)48(27)38(49)53-39(2,3)4/h7,9-10,15-16,18,26-28H,6,8,11-14,17,19-23H2,1-5H3/t26-,27-,28+,40+/m1/s1.